The van der Waals surface area contributed by atoms with Gasteiger partial charge in [-0.2, -0.15) is 5.10 Å². The molecular weight excluding hydrogens is 483 g/mol. The smallest absolute Gasteiger partial charge is 0.280 e. The second-order valence-corrected chi connectivity index (χ2v) is 7.87. The molecule has 0 spiro atoms. The van der Waals surface area contributed by atoms with Gasteiger partial charge in [0.2, 0.25) is 0 Å². The molecule has 0 saturated carbocycles. The van der Waals surface area contributed by atoms with E-state index in [-0.39, 0.29) is 12.4 Å². The van der Waals surface area contributed by atoms with Crippen LogP contribution in [0.1, 0.15) is 24.4 Å². The Labute approximate surface area is 183 Å². The summed E-state index contributed by atoms with van der Waals surface area (Å²) >= 11 is 2.42. The second-order valence-electron chi connectivity index (χ2n) is 7.19. The number of halogens is 2. The van der Waals surface area contributed by atoms with Gasteiger partial charge in [0.15, 0.2) is 0 Å². The maximum atomic E-state index is 13.3. The lowest BCUT2D eigenvalue weighted by Crippen LogP contribution is -2.35. The van der Waals surface area contributed by atoms with E-state index in [9.17, 15) is 4.39 Å². The van der Waals surface area contributed by atoms with E-state index in [1.807, 2.05) is 12.3 Å². The number of nitrogens with zero attached hydrogens (tertiary/aromatic N) is 4. The van der Waals surface area contributed by atoms with Gasteiger partial charge in [-0.05, 0) is 44.1 Å². The van der Waals surface area contributed by atoms with Crippen molar-refractivity contribution in [2.24, 2.45) is 0 Å². The van der Waals surface area contributed by atoms with Crippen LogP contribution in [0.2, 0.25) is 0 Å². The first-order valence-electron chi connectivity index (χ1n) is 9.58. The summed E-state index contributed by atoms with van der Waals surface area (Å²) in [4.78, 5) is 6.76. The number of anilines is 1. The van der Waals surface area contributed by atoms with Gasteiger partial charge in [0.1, 0.15) is 24.0 Å². The molecule has 0 radical (unpaired) electrons. The predicted molar refractivity (Wildman–Crippen MR) is 122 cm³/mol. The Morgan fingerprint density at radius 2 is 2.03 bits per heavy atom. The molecule has 1 aromatic carbocycles. The van der Waals surface area contributed by atoms with Crippen LogP contribution >= 0.6 is 22.4 Å². The van der Waals surface area contributed by atoms with Crippen LogP contribution < -0.4 is 10.5 Å². The van der Waals surface area contributed by atoms with Gasteiger partial charge in [0.05, 0.1) is 12.2 Å². The summed E-state index contributed by atoms with van der Waals surface area (Å²) < 4.78 is 21.1. The van der Waals surface area contributed by atoms with Crippen LogP contribution in [0.15, 0.2) is 48.9 Å². The Hall–Kier alpha value is -2.14. The Morgan fingerprint density at radius 1 is 1.21 bits per heavy atom. The van der Waals surface area contributed by atoms with E-state index in [0.717, 1.165) is 47.9 Å². The Balaban J connectivity index is 1.47. The lowest BCUT2D eigenvalue weighted by Gasteiger charge is -2.30. The van der Waals surface area contributed by atoms with Gasteiger partial charge in [-0.15, -0.1) is 22.4 Å². The first-order valence-corrected chi connectivity index (χ1v) is 11.1. The molecule has 1 fully saturated rings. The van der Waals surface area contributed by atoms with Crippen LogP contribution in [-0.4, -0.2) is 37.9 Å². The van der Waals surface area contributed by atoms with Crippen LogP contribution in [0.25, 0.3) is 11.1 Å². The van der Waals surface area contributed by atoms with Crippen molar-refractivity contribution in [2.45, 2.75) is 25.5 Å². The van der Waals surface area contributed by atoms with Crippen molar-refractivity contribution >= 4 is 33.5 Å². The number of aromatic nitrogens is 3. The van der Waals surface area contributed by atoms with E-state index in [1.54, 1.807) is 18.3 Å². The molecule has 9 heteroatoms. The quantitative estimate of drug-likeness (QED) is 0.410. The number of nitrogen functional groups attached to an aromatic ring is 1. The molecule has 4 rings (SSSR count). The van der Waals surface area contributed by atoms with Gasteiger partial charge >= 0.3 is 0 Å². The van der Waals surface area contributed by atoms with Gasteiger partial charge < -0.3 is 15.3 Å². The average Bonchev–Trinajstić information content (AvgIpc) is 3.23. The van der Waals surface area contributed by atoms with Gasteiger partial charge in [-0.1, -0.05) is 6.07 Å². The number of pyridine rings is 1. The maximum Gasteiger partial charge on any atom is 0.280 e. The van der Waals surface area contributed by atoms with Gasteiger partial charge in [0, 0.05) is 35.2 Å². The number of benzene rings is 1. The highest BCUT2D eigenvalue weighted by Crippen LogP contribution is 2.27. The Kier molecular flexibility index (Phi) is 6.34. The van der Waals surface area contributed by atoms with Gasteiger partial charge in [-0.3, -0.25) is 4.68 Å². The van der Waals surface area contributed by atoms with Gasteiger partial charge in [0.25, 0.3) is 5.27 Å². The minimum atomic E-state index is -0.334. The zero-order valence-corrected chi connectivity index (χ0v) is 18.1. The zero-order chi connectivity index (χ0) is 20.2. The van der Waals surface area contributed by atoms with E-state index in [4.69, 9.17) is 10.5 Å². The molecule has 1 aliphatic heterocycles. The average molecular weight is 505 g/mol. The van der Waals surface area contributed by atoms with Crippen molar-refractivity contribution in [3.05, 3.63) is 60.3 Å². The lowest BCUT2D eigenvalue weighted by molar-refractivity contribution is 0.268. The van der Waals surface area contributed by atoms with Crippen molar-refractivity contribution in [3.8, 4) is 16.9 Å². The number of piperidine rings is 1. The predicted octanol–water partition coefficient (Wildman–Crippen LogP) is 3.58. The molecule has 150 valence electrons. The monoisotopic (exact) mass is 505 g/mol. The van der Waals surface area contributed by atoms with E-state index in [0.29, 0.717) is 17.6 Å². The molecule has 0 unspecified atom stereocenters. The van der Waals surface area contributed by atoms with E-state index in [1.165, 1.54) is 12.1 Å². The molecule has 0 amide bonds. The summed E-state index contributed by atoms with van der Waals surface area (Å²) in [6, 6.07) is 8.45. The topological polar surface area (TPSA) is 69.2 Å². The molecule has 0 atom stereocenters. The third kappa shape index (κ3) is 4.89. The van der Waals surface area contributed by atoms with Crippen LogP contribution in [0.5, 0.6) is 5.75 Å². The summed E-state index contributed by atoms with van der Waals surface area (Å²) in [5, 5.41) is 5.66. The molecular formula is C20H22BFIN5O. The molecule has 6 nitrogen and oxygen atoms in total. The zero-order valence-electron chi connectivity index (χ0n) is 16.0. The molecule has 2 N–H and O–H groups in total. The highest BCUT2D eigenvalue weighted by atomic mass is 127. The summed E-state index contributed by atoms with van der Waals surface area (Å²) in [6.07, 6.45) is 7.92. The molecule has 0 bridgehead atoms. The lowest BCUT2D eigenvalue weighted by atomic mass is 10.0. The first-order chi connectivity index (χ1) is 14.1. The SMILES string of the molecule is Nc1ncc(-c2cnn(C3CCN(BI)CC3)c2)cc1COc1cccc(F)c1. The van der Waals surface area contributed by atoms with E-state index in [2.05, 4.69) is 48.1 Å². The second kappa shape index (κ2) is 9.12. The highest BCUT2D eigenvalue weighted by molar-refractivity contribution is 14.1. The van der Waals surface area contributed by atoms with Crippen LogP contribution in [0.3, 0.4) is 0 Å². The van der Waals surface area contributed by atoms with E-state index >= 15 is 0 Å². The first kappa shape index (κ1) is 20.2. The van der Waals surface area contributed by atoms with Gasteiger partial charge in [-0.25, -0.2) is 9.37 Å². The number of nitrogens with two attached hydrogens (primary N) is 1. The minimum absolute atomic E-state index is 0.221. The fraction of sp³-hybridized carbons (Fsp3) is 0.300. The fourth-order valence-electron chi connectivity index (χ4n) is 3.50. The molecule has 0 aliphatic carbocycles. The van der Waals surface area contributed by atoms with Crippen LogP contribution in [0, 0.1) is 5.82 Å². The number of hydrogen-bond acceptors (Lipinski definition) is 5. The number of hydrogen-bond donors (Lipinski definition) is 1. The summed E-state index contributed by atoms with van der Waals surface area (Å²) in [6.45, 7) is 2.43. The van der Waals surface area contributed by atoms with Crippen LogP contribution in [0.4, 0.5) is 10.2 Å². The number of rotatable bonds is 6. The molecule has 3 heterocycles. The largest absolute Gasteiger partial charge is 0.489 e. The van der Waals surface area contributed by atoms with Crippen molar-refractivity contribution in [2.75, 3.05) is 18.8 Å². The molecule has 1 aliphatic rings. The summed E-state index contributed by atoms with van der Waals surface area (Å²) in [5.74, 6) is 0.531. The van der Waals surface area contributed by atoms with Crippen LogP contribution in [-0.2, 0) is 6.61 Å². The third-order valence-corrected chi connectivity index (χ3v) is 6.19. The molecule has 1 saturated heterocycles. The Morgan fingerprint density at radius 3 is 2.79 bits per heavy atom. The molecule has 3 aromatic rings. The van der Waals surface area contributed by atoms with Crippen molar-refractivity contribution in [1.29, 1.82) is 0 Å². The van der Waals surface area contributed by atoms with Crippen molar-refractivity contribution in [3.63, 3.8) is 0 Å². The minimum Gasteiger partial charge on any atom is -0.489 e. The maximum absolute atomic E-state index is 13.3. The summed E-state index contributed by atoms with van der Waals surface area (Å²) in [7, 11) is 0. The fourth-order valence-corrected chi connectivity index (χ4v) is 4.18. The molecule has 29 heavy (non-hydrogen) atoms. The standard InChI is InChI=1S/C20H22BFIN5O/c22-17-2-1-3-19(9-17)29-13-15-8-14(10-25-20(15)24)16-11-26-28(12-16)18-4-6-27(21-23)7-5-18/h1-3,8-12,18,21H,4-7,13H2,(H2,24,25). The normalized spacial score (nSPS) is 15.4. The molecule has 2 aromatic heterocycles. The Bertz CT molecular complexity index is 977. The highest BCUT2D eigenvalue weighted by Gasteiger charge is 2.21. The van der Waals surface area contributed by atoms with E-state index < -0.39 is 0 Å². The summed E-state index contributed by atoms with van der Waals surface area (Å²) in [5.41, 5.74) is 8.72. The third-order valence-electron chi connectivity index (χ3n) is 5.23. The van der Waals surface area contributed by atoms with Crippen molar-refractivity contribution in [1.82, 2.24) is 19.6 Å². The number of ether oxygens (including phenoxy) is 1. The van der Waals surface area contributed by atoms with Crippen molar-refractivity contribution < 1.29 is 9.13 Å².